The molecule has 22 heavy (non-hydrogen) atoms. The van der Waals surface area contributed by atoms with Gasteiger partial charge < -0.3 is 9.47 Å². The monoisotopic (exact) mass is 325 g/mol. The van der Waals surface area contributed by atoms with Gasteiger partial charge in [0.25, 0.3) is 0 Å². The molecule has 0 heterocycles. The van der Waals surface area contributed by atoms with Crippen molar-refractivity contribution < 1.29 is 22.7 Å². The summed E-state index contributed by atoms with van der Waals surface area (Å²) in [6, 6.07) is 5.02. The van der Waals surface area contributed by atoms with Crippen molar-refractivity contribution in [3.05, 3.63) is 24.3 Å². The molecular formula is C15H19NO5S. The van der Waals surface area contributed by atoms with Crippen LogP contribution >= 0.6 is 0 Å². The van der Waals surface area contributed by atoms with Crippen LogP contribution in [0.2, 0.25) is 0 Å². The number of sulfonamides is 1. The van der Waals surface area contributed by atoms with E-state index in [1.165, 1.54) is 33.2 Å². The largest absolute Gasteiger partial charge is 0.481 e. The third-order valence-electron chi connectivity index (χ3n) is 3.08. The summed E-state index contributed by atoms with van der Waals surface area (Å²) in [5, 5.41) is 0. The van der Waals surface area contributed by atoms with E-state index in [0.717, 1.165) is 4.31 Å². The van der Waals surface area contributed by atoms with Crippen molar-refractivity contribution in [3.8, 4) is 17.6 Å². The van der Waals surface area contributed by atoms with Gasteiger partial charge in [-0.2, -0.15) is 4.31 Å². The maximum Gasteiger partial charge on any atom is 0.323 e. The Morgan fingerprint density at radius 3 is 2.41 bits per heavy atom. The Hall–Kier alpha value is -2.04. The standard InChI is InChI=1S/C15H19NO5S/c1-5-6-11-21-13-7-9-14(10-8-13)22(18,19)16(3)12(2)15(17)20-4/h7-10,12H,11H2,1-4H3. The summed E-state index contributed by atoms with van der Waals surface area (Å²) in [5.74, 6) is 5.34. The average Bonchev–Trinajstić information content (AvgIpc) is 2.53. The van der Waals surface area contributed by atoms with Crippen molar-refractivity contribution in [1.82, 2.24) is 4.31 Å². The third-order valence-corrected chi connectivity index (χ3v) is 5.02. The van der Waals surface area contributed by atoms with Gasteiger partial charge in [0.2, 0.25) is 10.0 Å². The minimum atomic E-state index is -3.79. The van der Waals surface area contributed by atoms with Crippen LogP contribution in [0.1, 0.15) is 13.8 Å². The maximum atomic E-state index is 12.4. The van der Waals surface area contributed by atoms with Gasteiger partial charge in [0.05, 0.1) is 12.0 Å². The summed E-state index contributed by atoms with van der Waals surface area (Å²) in [6.45, 7) is 3.41. The van der Waals surface area contributed by atoms with E-state index in [1.54, 1.807) is 19.1 Å². The van der Waals surface area contributed by atoms with E-state index in [0.29, 0.717) is 5.75 Å². The lowest BCUT2D eigenvalue weighted by atomic mass is 10.3. The van der Waals surface area contributed by atoms with Gasteiger partial charge in [-0.25, -0.2) is 8.42 Å². The van der Waals surface area contributed by atoms with E-state index in [9.17, 15) is 13.2 Å². The first-order valence-corrected chi connectivity index (χ1v) is 7.97. The van der Waals surface area contributed by atoms with Crippen LogP contribution in [0.15, 0.2) is 29.2 Å². The molecule has 1 rings (SSSR count). The lowest BCUT2D eigenvalue weighted by Gasteiger charge is -2.22. The van der Waals surface area contributed by atoms with Crippen LogP contribution in [0, 0.1) is 11.8 Å². The SMILES string of the molecule is CC#CCOc1ccc(S(=O)(=O)N(C)C(C)C(=O)OC)cc1. The zero-order chi connectivity index (χ0) is 16.8. The number of esters is 1. The number of benzene rings is 1. The van der Waals surface area contributed by atoms with Crippen LogP contribution in [-0.4, -0.2) is 45.5 Å². The summed E-state index contributed by atoms with van der Waals surface area (Å²) in [7, 11) is -1.24. The number of rotatable bonds is 6. The molecule has 0 N–H and O–H groups in total. The molecule has 0 fully saturated rings. The number of hydrogen-bond donors (Lipinski definition) is 0. The smallest absolute Gasteiger partial charge is 0.323 e. The normalized spacial score (nSPS) is 12.2. The Bertz CT molecular complexity index is 670. The van der Waals surface area contributed by atoms with E-state index in [2.05, 4.69) is 16.6 Å². The molecule has 0 saturated heterocycles. The summed E-state index contributed by atoms with van der Waals surface area (Å²) >= 11 is 0. The van der Waals surface area contributed by atoms with E-state index in [4.69, 9.17) is 4.74 Å². The summed E-state index contributed by atoms with van der Waals surface area (Å²) < 4.78 is 35.7. The first-order valence-electron chi connectivity index (χ1n) is 6.53. The third kappa shape index (κ3) is 4.23. The molecule has 1 aromatic rings. The Morgan fingerprint density at radius 2 is 1.91 bits per heavy atom. The van der Waals surface area contributed by atoms with E-state index in [1.807, 2.05) is 0 Å². The molecule has 0 aliphatic heterocycles. The van der Waals surface area contributed by atoms with Gasteiger partial charge in [0.1, 0.15) is 18.4 Å². The second-order valence-corrected chi connectivity index (χ2v) is 6.40. The van der Waals surface area contributed by atoms with E-state index >= 15 is 0 Å². The highest BCUT2D eigenvalue weighted by molar-refractivity contribution is 7.89. The molecule has 7 heteroatoms. The minimum absolute atomic E-state index is 0.0691. The minimum Gasteiger partial charge on any atom is -0.481 e. The van der Waals surface area contributed by atoms with Crippen LogP contribution in [0.4, 0.5) is 0 Å². The summed E-state index contributed by atoms with van der Waals surface area (Å²) in [4.78, 5) is 11.5. The molecular weight excluding hydrogens is 306 g/mol. The Kier molecular flexibility index (Phi) is 6.40. The second kappa shape index (κ2) is 7.82. The molecule has 0 radical (unpaired) electrons. The molecule has 6 nitrogen and oxygen atoms in total. The van der Waals surface area contributed by atoms with Crippen molar-refractivity contribution >= 4 is 16.0 Å². The molecule has 0 saturated carbocycles. The number of carbonyl (C=O) groups is 1. The van der Waals surface area contributed by atoms with Gasteiger partial charge >= 0.3 is 5.97 Å². The fourth-order valence-corrected chi connectivity index (χ4v) is 2.91. The molecule has 0 amide bonds. The van der Waals surface area contributed by atoms with Crippen LogP contribution in [0.3, 0.4) is 0 Å². The number of ether oxygens (including phenoxy) is 2. The number of methoxy groups -OCH3 is 1. The van der Waals surface area contributed by atoms with Crippen molar-refractivity contribution in [2.45, 2.75) is 24.8 Å². The van der Waals surface area contributed by atoms with Gasteiger partial charge in [-0.3, -0.25) is 4.79 Å². The Labute approximate surface area is 131 Å². The molecule has 0 aliphatic carbocycles. The zero-order valence-electron chi connectivity index (χ0n) is 13.0. The molecule has 1 aromatic carbocycles. The summed E-state index contributed by atoms with van der Waals surface area (Å²) in [5.41, 5.74) is 0. The summed E-state index contributed by atoms with van der Waals surface area (Å²) in [6.07, 6.45) is 0. The molecule has 1 atom stereocenters. The average molecular weight is 325 g/mol. The van der Waals surface area contributed by atoms with Gasteiger partial charge in [-0.1, -0.05) is 5.92 Å². The predicted octanol–water partition coefficient (Wildman–Crippen LogP) is 1.27. The van der Waals surface area contributed by atoms with Crippen LogP contribution in [0.5, 0.6) is 5.75 Å². The number of hydrogen-bond acceptors (Lipinski definition) is 5. The van der Waals surface area contributed by atoms with Gasteiger partial charge in [-0.05, 0) is 38.1 Å². The first-order chi connectivity index (χ1) is 10.3. The van der Waals surface area contributed by atoms with E-state index in [-0.39, 0.29) is 11.5 Å². The zero-order valence-corrected chi connectivity index (χ0v) is 13.8. The lowest BCUT2D eigenvalue weighted by Crippen LogP contribution is -2.40. The quantitative estimate of drug-likeness (QED) is 0.582. The number of likely N-dealkylation sites (N-methyl/N-ethyl adjacent to an activating group) is 1. The molecule has 0 aromatic heterocycles. The maximum absolute atomic E-state index is 12.4. The predicted molar refractivity (Wildman–Crippen MR) is 81.8 cm³/mol. The van der Waals surface area contributed by atoms with Crippen LogP contribution < -0.4 is 4.74 Å². The van der Waals surface area contributed by atoms with Gasteiger partial charge in [-0.15, -0.1) is 5.92 Å². The van der Waals surface area contributed by atoms with Gasteiger partial charge in [0.15, 0.2) is 0 Å². The molecule has 120 valence electrons. The molecule has 0 spiro atoms. The highest BCUT2D eigenvalue weighted by atomic mass is 32.2. The highest BCUT2D eigenvalue weighted by Gasteiger charge is 2.30. The molecule has 0 aliphatic rings. The van der Waals surface area contributed by atoms with Crippen LogP contribution in [-0.2, 0) is 19.6 Å². The van der Waals surface area contributed by atoms with Crippen molar-refractivity contribution in [3.63, 3.8) is 0 Å². The van der Waals surface area contributed by atoms with Gasteiger partial charge in [0, 0.05) is 7.05 Å². The number of carbonyl (C=O) groups excluding carboxylic acids is 1. The topological polar surface area (TPSA) is 72.9 Å². The lowest BCUT2D eigenvalue weighted by molar-refractivity contribution is -0.144. The molecule has 1 unspecified atom stereocenters. The van der Waals surface area contributed by atoms with Crippen molar-refractivity contribution in [2.24, 2.45) is 0 Å². The Morgan fingerprint density at radius 1 is 1.32 bits per heavy atom. The van der Waals surface area contributed by atoms with Crippen molar-refractivity contribution in [2.75, 3.05) is 20.8 Å². The van der Waals surface area contributed by atoms with Crippen LogP contribution in [0.25, 0.3) is 0 Å². The number of nitrogens with zero attached hydrogens (tertiary/aromatic N) is 1. The first kappa shape index (κ1) is 18.0. The fourth-order valence-electron chi connectivity index (χ4n) is 1.59. The molecule has 0 bridgehead atoms. The van der Waals surface area contributed by atoms with E-state index < -0.39 is 22.0 Å². The van der Waals surface area contributed by atoms with Crippen molar-refractivity contribution in [1.29, 1.82) is 0 Å². The fraction of sp³-hybridized carbons (Fsp3) is 0.400. The second-order valence-electron chi connectivity index (χ2n) is 4.41. The highest BCUT2D eigenvalue weighted by Crippen LogP contribution is 2.20. The Balaban J connectivity index is 2.93.